The van der Waals surface area contributed by atoms with E-state index < -0.39 is 0 Å². The monoisotopic (exact) mass is 287 g/mol. The van der Waals surface area contributed by atoms with Crippen molar-refractivity contribution >= 4 is 22.6 Å². The number of methoxy groups -OCH3 is 1. The smallest absolute Gasteiger partial charge is 0.176 e. The van der Waals surface area contributed by atoms with Crippen molar-refractivity contribution < 1.29 is 9.15 Å². The number of nitrogens with zero attached hydrogens (tertiary/aromatic N) is 1. The first-order valence-electron chi connectivity index (χ1n) is 6.45. The first kappa shape index (κ1) is 13.0. The molecule has 0 bridgehead atoms. The maximum absolute atomic E-state index is 6.20. The van der Waals surface area contributed by atoms with Crippen LogP contribution in [0.2, 0.25) is 5.15 Å². The van der Waals surface area contributed by atoms with Gasteiger partial charge in [-0.05, 0) is 35.9 Å². The molecule has 20 heavy (non-hydrogen) atoms. The molecule has 1 aromatic carbocycles. The summed E-state index contributed by atoms with van der Waals surface area (Å²) in [6.07, 6.45) is 2.51. The van der Waals surface area contributed by atoms with Crippen LogP contribution in [0.15, 0.2) is 40.9 Å². The number of aromatic nitrogens is 1. The van der Waals surface area contributed by atoms with Gasteiger partial charge in [0.2, 0.25) is 0 Å². The van der Waals surface area contributed by atoms with Crippen molar-refractivity contribution in [1.29, 1.82) is 0 Å². The van der Waals surface area contributed by atoms with Crippen LogP contribution in [-0.4, -0.2) is 12.1 Å². The topological polar surface area (TPSA) is 35.3 Å². The Labute approximate surface area is 122 Å². The van der Waals surface area contributed by atoms with E-state index in [1.165, 1.54) is 0 Å². The largest absolute Gasteiger partial charge is 0.493 e. The number of hydrogen-bond donors (Lipinski definition) is 0. The molecule has 102 valence electrons. The van der Waals surface area contributed by atoms with E-state index in [4.69, 9.17) is 20.8 Å². The molecule has 3 aromatic rings. The summed E-state index contributed by atoms with van der Waals surface area (Å²) in [6, 6.07) is 9.74. The number of halogens is 1. The fourth-order valence-corrected chi connectivity index (χ4v) is 2.53. The molecule has 3 rings (SSSR count). The number of hydrogen-bond acceptors (Lipinski definition) is 3. The van der Waals surface area contributed by atoms with Crippen LogP contribution < -0.4 is 4.74 Å². The van der Waals surface area contributed by atoms with Crippen LogP contribution in [0, 0.1) is 0 Å². The molecule has 0 aliphatic heterocycles. The molecule has 0 saturated heterocycles. The minimum Gasteiger partial charge on any atom is -0.493 e. The van der Waals surface area contributed by atoms with Crippen molar-refractivity contribution in [3.63, 3.8) is 0 Å². The van der Waals surface area contributed by atoms with E-state index in [2.05, 4.69) is 11.9 Å². The van der Waals surface area contributed by atoms with Crippen molar-refractivity contribution in [3.05, 3.63) is 47.4 Å². The number of fused-ring (bicyclic) bond motifs is 1. The van der Waals surface area contributed by atoms with Gasteiger partial charge in [-0.15, -0.1) is 0 Å². The van der Waals surface area contributed by atoms with Gasteiger partial charge in [0.1, 0.15) is 10.9 Å². The summed E-state index contributed by atoms with van der Waals surface area (Å²) in [4.78, 5) is 4.14. The Bertz CT molecular complexity index is 764. The van der Waals surface area contributed by atoms with Crippen molar-refractivity contribution in [2.45, 2.75) is 13.3 Å². The second-order valence-electron chi connectivity index (χ2n) is 4.47. The van der Waals surface area contributed by atoms with Crippen LogP contribution in [0.25, 0.3) is 22.1 Å². The Morgan fingerprint density at radius 2 is 2.10 bits per heavy atom. The van der Waals surface area contributed by atoms with Crippen LogP contribution >= 0.6 is 11.6 Å². The van der Waals surface area contributed by atoms with E-state index in [0.29, 0.717) is 5.15 Å². The van der Waals surface area contributed by atoms with E-state index in [1.54, 1.807) is 13.3 Å². The molecule has 0 amide bonds. The Balaban J connectivity index is 2.32. The molecule has 0 N–H and O–H groups in total. The molecule has 0 fully saturated rings. The van der Waals surface area contributed by atoms with Crippen molar-refractivity contribution in [2.75, 3.05) is 7.11 Å². The van der Waals surface area contributed by atoms with E-state index in [1.807, 2.05) is 30.3 Å². The Kier molecular flexibility index (Phi) is 3.36. The maximum Gasteiger partial charge on any atom is 0.176 e. The lowest BCUT2D eigenvalue weighted by atomic mass is 10.0. The molecule has 0 aliphatic rings. The first-order valence-corrected chi connectivity index (χ1v) is 6.82. The highest BCUT2D eigenvalue weighted by Gasteiger charge is 2.15. The van der Waals surface area contributed by atoms with Crippen molar-refractivity contribution in [2.24, 2.45) is 0 Å². The van der Waals surface area contributed by atoms with E-state index in [9.17, 15) is 0 Å². The molecule has 0 radical (unpaired) electrons. The highest BCUT2D eigenvalue weighted by atomic mass is 35.5. The van der Waals surface area contributed by atoms with Gasteiger partial charge in [-0.3, -0.25) is 0 Å². The van der Waals surface area contributed by atoms with Crippen LogP contribution in [0.4, 0.5) is 0 Å². The molecule has 3 nitrogen and oxygen atoms in total. The van der Waals surface area contributed by atoms with Crippen LogP contribution in [0.5, 0.6) is 5.75 Å². The molecular weight excluding hydrogens is 274 g/mol. The standard InChI is InChI=1S/C16H14ClNO2/c1-3-10-9-13-11(12-5-4-8-18-16(12)17)6-7-14(19-2)15(13)20-10/h4-9H,3H2,1-2H3. The van der Waals surface area contributed by atoms with Gasteiger partial charge in [-0.1, -0.05) is 18.5 Å². The normalized spacial score (nSPS) is 10.9. The zero-order chi connectivity index (χ0) is 14.1. The molecule has 4 heteroatoms. The van der Waals surface area contributed by atoms with Crippen LogP contribution in [0.1, 0.15) is 12.7 Å². The molecule has 0 spiro atoms. The van der Waals surface area contributed by atoms with Gasteiger partial charge in [0.25, 0.3) is 0 Å². The third-order valence-corrected chi connectivity index (χ3v) is 3.62. The van der Waals surface area contributed by atoms with E-state index in [-0.39, 0.29) is 0 Å². The molecule has 0 atom stereocenters. The predicted octanol–water partition coefficient (Wildman–Crippen LogP) is 4.72. The van der Waals surface area contributed by atoms with Gasteiger partial charge in [0.05, 0.1) is 7.11 Å². The fraction of sp³-hybridized carbons (Fsp3) is 0.188. The van der Waals surface area contributed by atoms with E-state index >= 15 is 0 Å². The zero-order valence-electron chi connectivity index (χ0n) is 11.3. The molecular formula is C16H14ClNO2. The summed E-state index contributed by atoms with van der Waals surface area (Å²) < 4.78 is 11.2. The number of ether oxygens (including phenoxy) is 1. The Morgan fingerprint density at radius 1 is 1.25 bits per heavy atom. The number of rotatable bonds is 3. The number of furan rings is 1. The molecule has 0 saturated carbocycles. The third kappa shape index (κ3) is 2.04. The average Bonchev–Trinajstić information content (AvgIpc) is 2.91. The summed E-state index contributed by atoms with van der Waals surface area (Å²) in [6.45, 7) is 2.06. The molecule has 2 aromatic heterocycles. The maximum atomic E-state index is 6.20. The molecule has 2 heterocycles. The minimum absolute atomic E-state index is 0.484. The summed E-state index contributed by atoms with van der Waals surface area (Å²) in [5.41, 5.74) is 2.65. The molecule has 0 aliphatic carbocycles. The molecule has 0 unspecified atom stereocenters. The second kappa shape index (κ2) is 5.17. The summed E-state index contributed by atoms with van der Waals surface area (Å²) in [7, 11) is 1.64. The van der Waals surface area contributed by atoms with Gasteiger partial charge in [-0.25, -0.2) is 4.98 Å². The number of aryl methyl sites for hydroxylation is 1. The third-order valence-electron chi connectivity index (χ3n) is 3.32. The Morgan fingerprint density at radius 3 is 2.80 bits per heavy atom. The average molecular weight is 288 g/mol. The Hall–Kier alpha value is -2.00. The van der Waals surface area contributed by atoms with E-state index in [0.717, 1.165) is 40.0 Å². The highest BCUT2D eigenvalue weighted by Crippen LogP contribution is 2.38. The summed E-state index contributed by atoms with van der Waals surface area (Å²) >= 11 is 6.20. The zero-order valence-corrected chi connectivity index (χ0v) is 12.1. The summed E-state index contributed by atoms with van der Waals surface area (Å²) in [5, 5.41) is 1.48. The number of pyridine rings is 1. The van der Waals surface area contributed by atoms with Gasteiger partial charge in [0.15, 0.2) is 11.3 Å². The lowest BCUT2D eigenvalue weighted by Gasteiger charge is -2.07. The lowest BCUT2D eigenvalue weighted by Crippen LogP contribution is -1.87. The summed E-state index contributed by atoms with van der Waals surface area (Å²) in [5.74, 6) is 1.65. The van der Waals surface area contributed by atoms with Gasteiger partial charge < -0.3 is 9.15 Å². The van der Waals surface area contributed by atoms with Crippen LogP contribution in [0.3, 0.4) is 0 Å². The number of benzene rings is 1. The fourth-order valence-electron chi connectivity index (χ4n) is 2.31. The highest BCUT2D eigenvalue weighted by molar-refractivity contribution is 6.32. The first-order chi connectivity index (χ1) is 9.74. The van der Waals surface area contributed by atoms with Gasteiger partial charge in [-0.2, -0.15) is 0 Å². The van der Waals surface area contributed by atoms with Crippen LogP contribution in [-0.2, 0) is 6.42 Å². The van der Waals surface area contributed by atoms with Gasteiger partial charge in [0, 0.05) is 23.6 Å². The lowest BCUT2D eigenvalue weighted by molar-refractivity contribution is 0.408. The van der Waals surface area contributed by atoms with Crippen molar-refractivity contribution in [3.8, 4) is 16.9 Å². The van der Waals surface area contributed by atoms with Gasteiger partial charge >= 0.3 is 0 Å². The predicted molar refractivity (Wildman–Crippen MR) is 80.4 cm³/mol. The van der Waals surface area contributed by atoms with Crippen molar-refractivity contribution in [1.82, 2.24) is 4.98 Å². The minimum atomic E-state index is 0.484. The second-order valence-corrected chi connectivity index (χ2v) is 4.82. The SMILES string of the molecule is CCc1cc2c(-c3cccnc3Cl)ccc(OC)c2o1. The quantitative estimate of drug-likeness (QED) is 0.654.